The zero-order valence-electron chi connectivity index (χ0n) is 8.61. The Hall–Kier alpha value is -1.91. The van der Waals surface area contributed by atoms with E-state index in [0.29, 0.717) is 5.56 Å². The molecule has 0 aliphatic carbocycles. The Kier molecular flexibility index (Phi) is 3.79. The SMILES string of the molecule is COC(=O)CNC(=O)c1ccnc(C)c1. The van der Waals surface area contributed by atoms with Crippen molar-refractivity contribution in [3.8, 4) is 0 Å². The van der Waals surface area contributed by atoms with E-state index in [4.69, 9.17) is 0 Å². The molecular weight excluding hydrogens is 196 g/mol. The number of aryl methyl sites for hydroxylation is 1. The minimum Gasteiger partial charge on any atom is -0.468 e. The Balaban J connectivity index is 2.58. The number of nitrogens with zero attached hydrogens (tertiary/aromatic N) is 1. The van der Waals surface area contributed by atoms with E-state index in [9.17, 15) is 9.59 Å². The molecule has 1 N–H and O–H groups in total. The highest BCUT2D eigenvalue weighted by Gasteiger charge is 2.07. The van der Waals surface area contributed by atoms with Crippen LogP contribution in [-0.2, 0) is 9.53 Å². The summed E-state index contributed by atoms with van der Waals surface area (Å²) in [5.74, 6) is -0.792. The molecule has 5 nitrogen and oxygen atoms in total. The van der Waals surface area contributed by atoms with Gasteiger partial charge in [0.2, 0.25) is 0 Å². The van der Waals surface area contributed by atoms with Crippen LogP contribution in [0.4, 0.5) is 0 Å². The summed E-state index contributed by atoms with van der Waals surface area (Å²) >= 11 is 0. The van der Waals surface area contributed by atoms with Gasteiger partial charge in [0.15, 0.2) is 0 Å². The van der Waals surface area contributed by atoms with Crippen LogP contribution in [0.15, 0.2) is 18.3 Å². The second-order valence-corrected chi connectivity index (χ2v) is 2.94. The van der Waals surface area contributed by atoms with Gasteiger partial charge in [-0.1, -0.05) is 0 Å². The summed E-state index contributed by atoms with van der Waals surface area (Å²) in [7, 11) is 1.27. The van der Waals surface area contributed by atoms with Crippen LogP contribution in [0.2, 0.25) is 0 Å². The molecule has 0 unspecified atom stereocenters. The highest BCUT2D eigenvalue weighted by Crippen LogP contribution is 1.99. The van der Waals surface area contributed by atoms with Crippen LogP contribution < -0.4 is 5.32 Å². The first-order valence-corrected chi connectivity index (χ1v) is 4.41. The number of methoxy groups -OCH3 is 1. The van der Waals surface area contributed by atoms with Crippen molar-refractivity contribution in [3.63, 3.8) is 0 Å². The maximum Gasteiger partial charge on any atom is 0.325 e. The summed E-state index contributed by atoms with van der Waals surface area (Å²) in [4.78, 5) is 26.2. The summed E-state index contributed by atoms with van der Waals surface area (Å²) in [6.45, 7) is 1.66. The normalized spacial score (nSPS) is 9.47. The maximum atomic E-state index is 11.5. The lowest BCUT2D eigenvalue weighted by Crippen LogP contribution is -2.30. The number of esters is 1. The maximum absolute atomic E-state index is 11.5. The molecule has 0 aromatic carbocycles. The highest BCUT2D eigenvalue weighted by atomic mass is 16.5. The largest absolute Gasteiger partial charge is 0.468 e. The summed E-state index contributed by atoms with van der Waals surface area (Å²) < 4.78 is 4.39. The van der Waals surface area contributed by atoms with Gasteiger partial charge in [0.05, 0.1) is 7.11 Å². The van der Waals surface area contributed by atoms with Gasteiger partial charge in [-0.2, -0.15) is 0 Å². The van der Waals surface area contributed by atoms with Crippen LogP contribution in [0.1, 0.15) is 16.1 Å². The van der Waals surface area contributed by atoms with Crippen LogP contribution in [0.3, 0.4) is 0 Å². The van der Waals surface area contributed by atoms with Gasteiger partial charge >= 0.3 is 5.97 Å². The topological polar surface area (TPSA) is 68.3 Å². The molecule has 1 heterocycles. The monoisotopic (exact) mass is 208 g/mol. The molecule has 80 valence electrons. The first-order chi connectivity index (χ1) is 7.13. The van der Waals surface area contributed by atoms with Crippen LogP contribution in [0.5, 0.6) is 0 Å². The minimum absolute atomic E-state index is 0.128. The molecule has 0 aliphatic rings. The summed E-state index contributed by atoms with van der Waals surface area (Å²) in [5, 5.41) is 2.44. The molecule has 1 aromatic rings. The lowest BCUT2D eigenvalue weighted by Gasteiger charge is -2.03. The molecule has 0 saturated heterocycles. The fourth-order valence-corrected chi connectivity index (χ4v) is 1.01. The lowest BCUT2D eigenvalue weighted by atomic mass is 10.2. The number of hydrogen-bond acceptors (Lipinski definition) is 4. The van der Waals surface area contributed by atoms with Crippen molar-refractivity contribution in [1.29, 1.82) is 0 Å². The molecule has 0 aliphatic heterocycles. The number of amides is 1. The number of pyridine rings is 1. The van der Waals surface area contributed by atoms with E-state index in [1.807, 2.05) is 0 Å². The molecule has 0 radical (unpaired) electrons. The van der Waals surface area contributed by atoms with Gasteiger partial charge in [0.1, 0.15) is 6.54 Å². The molecule has 0 saturated carbocycles. The second-order valence-electron chi connectivity index (χ2n) is 2.94. The predicted octanol–water partition coefficient (Wildman–Crippen LogP) is 0.293. The lowest BCUT2D eigenvalue weighted by molar-refractivity contribution is -0.139. The highest BCUT2D eigenvalue weighted by molar-refractivity contribution is 5.95. The van der Waals surface area contributed by atoms with Crippen molar-refractivity contribution in [2.75, 3.05) is 13.7 Å². The molecule has 1 rings (SSSR count). The van der Waals surface area contributed by atoms with Crippen molar-refractivity contribution in [2.24, 2.45) is 0 Å². The molecule has 15 heavy (non-hydrogen) atoms. The molecular formula is C10H12N2O3. The van der Waals surface area contributed by atoms with Gasteiger partial charge in [-0.25, -0.2) is 0 Å². The number of carbonyl (C=O) groups excluding carboxylic acids is 2. The molecule has 1 aromatic heterocycles. The molecule has 0 bridgehead atoms. The average molecular weight is 208 g/mol. The van der Waals surface area contributed by atoms with Gasteiger partial charge in [-0.05, 0) is 19.1 Å². The van der Waals surface area contributed by atoms with Crippen LogP contribution >= 0.6 is 0 Å². The zero-order valence-corrected chi connectivity index (χ0v) is 8.61. The quantitative estimate of drug-likeness (QED) is 0.725. The van der Waals surface area contributed by atoms with E-state index in [1.165, 1.54) is 7.11 Å². The van der Waals surface area contributed by atoms with Gasteiger partial charge in [0, 0.05) is 17.5 Å². The Labute approximate surface area is 87.5 Å². The number of aromatic nitrogens is 1. The van der Waals surface area contributed by atoms with Crippen molar-refractivity contribution in [3.05, 3.63) is 29.6 Å². The Morgan fingerprint density at radius 1 is 1.53 bits per heavy atom. The van der Waals surface area contributed by atoms with Crippen LogP contribution in [0.25, 0.3) is 0 Å². The third kappa shape index (κ3) is 3.38. The summed E-state index contributed by atoms with van der Waals surface area (Å²) in [6, 6.07) is 3.23. The summed E-state index contributed by atoms with van der Waals surface area (Å²) in [5.41, 5.74) is 1.23. The Bertz CT molecular complexity index is 377. The molecule has 5 heteroatoms. The van der Waals surface area contributed by atoms with E-state index in [0.717, 1.165) is 5.69 Å². The fraction of sp³-hybridized carbons (Fsp3) is 0.300. The number of rotatable bonds is 3. The molecule has 0 atom stereocenters. The van der Waals surface area contributed by atoms with E-state index < -0.39 is 5.97 Å². The summed E-state index contributed by atoms with van der Waals surface area (Å²) in [6.07, 6.45) is 1.54. The van der Waals surface area contributed by atoms with Crippen LogP contribution in [-0.4, -0.2) is 30.5 Å². The number of ether oxygens (including phenoxy) is 1. The van der Waals surface area contributed by atoms with Crippen molar-refractivity contribution in [2.45, 2.75) is 6.92 Å². The molecule has 1 amide bonds. The van der Waals surface area contributed by atoms with Crippen LogP contribution in [0, 0.1) is 6.92 Å². The second kappa shape index (κ2) is 5.09. The van der Waals surface area contributed by atoms with E-state index in [1.54, 1.807) is 25.3 Å². The van der Waals surface area contributed by atoms with Gasteiger partial charge in [0.25, 0.3) is 5.91 Å². The number of carbonyl (C=O) groups is 2. The average Bonchev–Trinajstić information content (AvgIpc) is 2.25. The van der Waals surface area contributed by atoms with Crippen molar-refractivity contribution >= 4 is 11.9 Å². The first-order valence-electron chi connectivity index (χ1n) is 4.41. The smallest absolute Gasteiger partial charge is 0.325 e. The fourth-order valence-electron chi connectivity index (χ4n) is 1.01. The van der Waals surface area contributed by atoms with Crippen molar-refractivity contribution in [1.82, 2.24) is 10.3 Å². The number of hydrogen-bond donors (Lipinski definition) is 1. The predicted molar refractivity (Wildman–Crippen MR) is 53.3 cm³/mol. The van der Waals surface area contributed by atoms with Gasteiger partial charge in [-0.15, -0.1) is 0 Å². The standard InChI is InChI=1S/C10H12N2O3/c1-7-5-8(3-4-11-7)10(14)12-6-9(13)15-2/h3-5H,6H2,1-2H3,(H,12,14). The zero-order chi connectivity index (χ0) is 11.3. The van der Waals surface area contributed by atoms with E-state index >= 15 is 0 Å². The number of nitrogens with one attached hydrogen (secondary N) is 1. The Morgan fingerprint density at radius 3 is 2.87 bits per heavy atom. The molecule has 0 fully saturated rings. The van der Waals surface area contributed by atoms with E-state index in [2.05, 4.69) is 15.0 Å². The third-order valence-electron chi connectivity index (χ3n) is 1.78. The van der Waals surface area contributed by atoms with Gasteiger partial charge in [-0.3, -0.25) is 14.6 Å². The van der Waals surface area contributed by atoms with E-state index in [-0.39, 0.29) is 12.5 Å². The van der Waals surface area contributed by atoms with Gasteiger partial charge < -0.3 is 10.1 Å². The minimum atomic E-state index is -0.478. The first kappa shape index (κ1) is 11.2. The molecule has 0 spiro atoms. The Morgan fingerprint density at radius 2 is 2.27 bits per heavy atom. The third-order valence-corrected chi connectivity index (χ3v) is 1.78. The van der Waals surface area contributed by atoms with Crippen molar-refractivity contribution < 1.29 is 14.3 Å².